The first-order valence-electron chi connectivity index (χ1n) is 1.27. The second-order valence-electron chi connectivity index (χ2n) is 0.740. The molecule has 1 unspecified atom stereocenters. The predicted octanol–water partition coefficient (Wildman–Crippen LogP) is -0.405. The Labute approximate surface area is 39.7 Å². The molecular weight excluding hydrogens is 105 g/mol. The second kappa shape index (κ2) is 2.00. The predicted molar refractivity (Wildman–Crippen MR) is 21.5 cm³/mol. The van der Waals surface area contributed by atoms with Crippen LogP contribution in [0.5, 0.6) is 0 Å². The number of hydrogen-bond acceptors (Lipinski definition) is 2. The Morgan fingerprint density at radius 2 is 2.17 bits per heavy atom. The largest absolute Gasteiger partial charge is 0.479 e. The minimum Gasteiger partial charge on any atom is -0.479 e. The number of rotatable bonds is 1. The third-order valence-electron chi connectivity index (χ3n) is 0.236. The van der Waals surface area contributed by atoms with E-state index in [0.717, 1.165) is 0 Å². The van der Waals surface area contributed by atoms with Crippen LogP contribution in [0.25, 0.3) is 0 Å². The summed E-state index contributed by atoms with van der Waals surface area (Å²) in [5.74, 6) is -1.20. The number of nitrogens with two attached hydrogens (primary N) is 1. The van der Waals surface area contributed by atoms with Gasteiger partial charge in [0, 0.05) is 0 Å². The average Bonchev–Trinajstić information content (AvgIpc) is 1.36. The molecule has 0 aromatic carbocycles. The highest BCUT2D eigenvalue weighted by Crippen LogP contribution is 1.80. The normalized spacial score (nSPS) is 13.7. The zero-order valence-corrected chi connectivity index (χ0v) is 3.64. The molecular formula is C2H4ClNO2. The first-order valence-corrected chi connectivity index (χ1v) is 1.70. The number of aliphatic carboxylic acids is 1. The first kappa shape index (κ1) is 5.72. The van der Waals surface area contributed by atoms with E-state index in [2.05, 4.69) is 5.73 Å². The summed E-state index contributed by atoms with van der Waals surface area (Å²) in [6, 6.07) is 0. The van der Waals surface area contributed by atoms with Crippen molar-refractivity contribution in [2.75, 3.05) is 0 Å². The maximum Gasteiger partial charge on any atom is 0.336 e. The van der Waals surface area contributed by atoms with Gasteiger partial charge in [-0.2, -0.15) is 0 Å². The zero-order valence-electron chi connectivity index (χ0n) is 2.89. The molecule has 0 aliphatic rings. The first-order chi connectivity index (χ1) is 2.64. The van der Waals surface area contributed by atoms with E-state index in [4.69, 9.17) is 16.7 Å². The van der Waals surface area contributed by atoms with E-state index < -0.39 is 11.5 Å². The minimum atomic E-state index is -1.26. The Hall–Kier alpha value is -0.280. The lowest BCUT2D eigenvalue weighted by Crippen LogP contribution is -2.22. The Morgan fingerprint density at radius 3 is 2.17 bits per heavy atom. The van der Waals surface area contributed by atoms with Crippen molar-refractivity contribution in [2.45, 2.75) is 5.50 Å². The molecule has 0 radical (unpaired) electrons. The van der Waals surface area contributed by atoms with E-state index in [9.17, 15) is 4.79 Å². The molecule has 0 aromatic heterocycles. The third kappa shape index (κ3) is 1.99. The van der Waals surface area contributed by atoms with Crippen LogP contribution in [0.1, 0.15) is 0 Å². The fourth-order valence-corrected chi connectivity index (χ4v) is 0. The maximum absolute atomic E-state index is 9.44. The molecule has 6 heavy (non-hydrogen) atoms. The molecule has 1 atom stereocenters. The van der Waals surface area contributed by atoms with Crippen molar-refractivity contribution >= 4 is 17.6 Å². The van der Waals surface area contributed by atoms with Crippen molar-refractivity contribution in [3.63, 3.8) is 0 Å². The van der Waals surface area contributed by atoms with E-state index in [1.165, 1.54) is 0 Å². The summed E-state index contributed by atoms with van der Waals surface area (Å²) < 4.78 is 0. The summed E-state index contributed by atoms with van der Waals surface area (Å²) in [4.78, 5) is 9.44. The molecule has 3 nitrogen and oxygen atoms in total. The zero-order chi connectivity index (χ0) is 5.15. The SMILES string of the molecule is NC(Cl)C(=O)O. The highest BCUT2D eigenvalue weighted by molar-refractivity contribution is 6.29. The molecule has 0 aromatic rings. The molecule has 4 heteroatoms. The van der Waals surface area contributed by atoms with Crippen LogP contribution in [0.3, 0.4) is 0 Å². The highest BCUT2D eigenvalue weighted by Gasteiger charge is 2.02. The Bertz CT molecular complexity index is 62.6. The summed E-state index contributed by atoms with van der Waals surface area (Å²) in [5.41, 5.74) is 3.34. The summed E-state index contributed by atoms with van der Waals surface area (Å²) in [6.45, 7) is 0. The van der Waals surface area contributed by atoms with Gasteiger partial charge in [0.15, 0.2) is 5.50 Å². The lowest BCUT2D eigenvalue weighted by molar-refractivity contribution is -0.136. The van der Waals surface area contributed by atoms with Crippen molar-refractivity contribution in [2.24, 2.45) is 5.73 Å². The summed E-state index contributed by atoms with van der Waals surface area (Å²) in [5, 5.41) is 7.73. The molecule has 0 bridgehead atoms. The molecule has 0 fully saturated rings. The molecule has 0 heterocycles. The smallest absolute Gasteiger partial charge is 0.336 e. The van der Waals surface area contributed by atoms with Gasteiger partial charge in [0.2, 0.25) is 0 Å². The van der Waals surface area contributed by atoms with Crippen LogP contribution in [0.15, 0.2) is 0 Å². The van der Waals surface area contributed by atoms with Gasteiger partial charge in [0.05, 0.1) is 0 Å². The Kier molecular flexibility index (Phi) is 1.90. The third-order valence-corrected chi connectivity index (χ3v) is 0.423. The molecule has 3 N–H and O–H groups in total. The Balaban J connectivity index is 3.26. The average molecular weight is 110 g/mol. The van der Waals surface area contributed by atoms with Crippen LogP contribution < -0.4 is 5.73 Å². The number of carboxylic acids is 1. The molecule has 0 spiro atoms. The molecule has 36 valence electrons. The molecule has 0 aliphatic heterocycles. The van der Waals surface area contributed by atoms with Crippen LogP contribution in [0.4, 0.5) is 0 Å². The van der Waals surface area contributed by atoms with E-state index >= 15 is 0 Å². The van der Waals surface area contributed by atoms with Gasteiger partial charge in [-0.1, -0.05) is 11.6 Å². The van der Waals surface area contributed by atoms with Gasteiger partial charge in [-0.15, -0.1) is 0 Å². The number of alkyl halides is 1. The lowest BCUT2D eigenvalue weighted by Gasteiger charge is -1.87. The van der Waals surface area contributed by atoms with Crippen molar-refractivity contribution < 1.29 is 9.90 Å². The van der Waals surface area contributed by atoms with E-state index in [0.29, 0.717) is 0 Å². The van der Waals surface area contributed by atoms with Gasteiger partial charge in [0.25, 0.3) is 0 Å². The Morgan fingerprint density at radius 1 is 2.00 bits per heavy atom. The molecule has 0 amide bonds. The maximum atomic E-state index is 9.44. The monoisotopic (exact) mass is 109 g/mol. The molecule has 0 saturated heterocycles. The molecule has 0 aliphatic carbocycles. The van der Waals surface area contributed by atoms with Gasteiger partial charge in [0.1, 0.15) is 0 Å². The highest BCUT2D eigenvalue weighted by atomic mass is 35.5. The van der Waals surface area contributed by atoms with Crippen LogP contribution >= 0.6 is 11.6 Å². The lowest BCUT2D eigenvalue weighted by atomic mass is 10.7. The van der Waals surface area contributed by atoms with Crippen LogP contribution in [-0.2, 0) is 4.79 Å². The molecule has 0 saturated carbocycles. The van der Waals surface area contributed by atoms with Gasteiger partial charge >= 0.3 is 5.97 Å². The summed E-state index contributed by atoms with van der Waals surface area (Å²) in [6.07, 6.45) is 0. The van der Waals surface area contributed by atoms with Crippen molar-refractivity contribution in [1.29, 1.82) is 0 Å². The summed E-state index contributed by atoms with van der Waals surface area (Å²) in [7, 11) is 0. The van der Waals surface area contributed by atoms with Gasteiger partial charge in [-0.3, -0.25) is 0 Å². The van der Waals surface area contributed by atoms with Crippen molar-refractivity contribution in [1.82, 2.24) is 0 Å². The number of carbonyl (C=O) groups is 1. The standard InChI is InChI=1S/C2H4ClNO2/c3-1(4)2(5)6/h1H,4H2,(H,5,6). The van der Waals surface area contributed by atoms with Gasteiger partial charge in [-0.25, -0.2) is 4.79 Å². The van der Waals surface area contributed by atoms with Crippen LogP contribution in [-0.4, -0.2) is 16.6 Å². The number of hydrogen-bond donors (Lipinski definition) is 2. The van der Waals surface area contributed by atoms with Crippen LogP contribution in [0.2, 0.25) is 0 Å². The minimum absolute atomic E-state index is 1.20. The van der Waals surface area contributed by atoms with Gasteiger partial charge < -0.3 is 10.8 Å². The fraction of sp³-hybridized carbons (Fsp3) is 0.500. The second-order valence-corrected chi connectivity index (χ2v) is 1.21. The van der Waals surface area contributed by atoms with Crippen LogP contribution in [0, 0.1) is 0 Å². The van der Waals surface area contributed by atoms with Crippen molar-refractivity contribution in [3.8, 4) is 0 Å². The topological polar surface area (TPSA) is 63.3 Å². The summed E-state index contributed by atoms with van der Waals surface area (Å²) >= 11 is 4.79. The van der Waals surface area contributed by atoms with Crippen molar-refractivity contribution in [3.05, 3.63) is 0 Å². The van der Waals surface area contributed by atoms with E-state index in [1.54, 1.807) is 0 Å². The van der Waals surface area contributed by atoms with E-state index in [-0.39, 0.29) is 0 Å². The molecule has 0 rings (SSSR count). The number of carboxylic acid groups (broad SMARTS) is 1. The number of halogens is 1. The van der Waals surface area contributed by atoms with Gasteiger partial charge in [-0.05, 0) is 0 Å². The quantitative estimate of drug-likeness (QED) is 0.356. The van der Waals surface area contributed by atoms with E-state index in [1.807, 2.05) is 0 Å². The fourth-order valence-electron chi connectivity index (χ4n) is 0.